The molecule has 1 aliphatic rings. The number of carbonyl (C=O) groups is 1. The first-order valence-electron chi connectivity index (χ1n) is 9.40. The minimum Gasteiger partial charge on any atom is -0.493 e. The summed E-state index contributed by atoms with van der Waals surface area (Å²) in [7, 11) is 3.25. The fraction of sp³-hybridized carbons (Fsp3) is 0.650. The smallest absolute Gasteiger partial charge is 0.220 e. The number of carbonyl (C=O) groups excluding carboxylic acids is 1. The molecule has 0 aliphatic carbocycles. The molecule has 2 rings (SSSR count). The van der Waals surface area contributed by atoms with Gasteiger partial charge in [-0.25, -0.2) is 0 Å². The third kappa shape index (κ3) is 5.63. The lowest BCUT2D eigenvalue weighted by Crippen LogP contribution is -2.43. The molecule has 0 aromatic heterocycles. The van der Waals surface area contributed by atoms with Gasteiger partial charge < -0.3 is 14.8 Å². The van der Waals surface area contributed by atoms with Crippen LogP contribution in [0.4, 0.5) is 0 Å². The molecule has 1 N–H and O–H groups in total. The first kappa shape index (κ1) is 19.6. The molecule has 1 saturated heterocycles. The fourth-order valence-corrected chi connectivity index (χ4v) is 3.64. The molecular formula is C20H32N2O3. The van der Waals surface area contributed by atoms with Crippen molar-refractivity contribution < 1.29 is 14.3 Å². The molecule has 1 heterocycles. The van der Waals surface area contributed by atoms with Crippen molar-refractivity contribution in [2.75, 3.05) is 33.9 Å². The summed E-state index contributed by atoms with van der Waals surface area (Å²) in [5.41, 5.74) is 0.999. The highest BCUT2D eigenvalue weighted by atomic mass is 16.5. The summed E-state index contributed by atoms with van der Waals surface area (Å²) in [6.45, 7) is 5.09. The van der Waals surface area contributed by atoms with Gasteiger partial charge in [-0.15, -0.1) is 0 Å². The Kier molecular flexibility index (Phi) is 8.06. The monoisotopic (exact) mass is 348 g/mol. The van der Waals surface area contributed by atoms with Gasteiger partial charge in [0.05, 0.1) is 14.2 Å². The maximum absolute atomic E-state index is 12.2. The van der Waals surface area contributed by atoms with Crippen LogP contribution >= 0.6 is 0 Å². The second-order valence-corrected chi connectivity index (χ2v) is 6.60. The van der Waals surface area contributed by atoms with Crippen LogP contribution in [0.25, 0.3) is 0 Å². The summed E-state index contributed by atoms with van der Waals surface area (Å²) in [6.07, 6.45) is 6.21. The van der Waals surface area contributed by atoms with Crippen molar-refractivity contribution >= 4 is 5.91 Å². The maximum Gasteiger partial charge on any atom is 0.220 e. The van der Waals surface area contributed by atoms with E-state index in [9.17, 15) is 4.79 Å². The van der Waals surface area contributed by atoms with Crippen LogP contribution in [0.1, 0.15) is 44.6 Å². The second-order valence-electron chi connectivity index (χ2n) is 6.60. The number of aryl methyl sites for hydroxylation is 1. The van der Waals surface area contributed by atoms with Crippen LogP contribution < -0.4 is 14.8 Å². The number of ether oxygens (including phenoxy) is 2. The molecule has 140 valence electrons. The molecule has 1 amide bonds. The average molecular weight is 348 g/mol. The highest BCUT2D eigenvalue weighted by Crippen LogP contribution is 2.31. The predicted octanol–water partition coefficient (Wildman–Crippen LogP) is 3.02. The summed E-state index contributed by atoms with van der Waals surface area (Å²) in [4.78, 5) is 14.7. The highest BCUT2D eigenvalue weighted by Gasteiger charge is 2.20. The predicted molar refractivity (Wildman–Crippen MR) is 100 cm³/mol. The highest BCUT2D eigenvalue weighted by molar-refractivity contribution is 5.76. The van der Waals surface area contributed by atoms with Crippen LogP contribution in [0, 0.1) is 0 Å². The fourth-order valence-electron chi connectivity index (χ4n) is 3.64. The van der Waals surface area contributed by atoms with Crippen LogP contribution in [0.5, 0.6) is 11.5 Å². The molecule has 0 bridgehead atoms. The standard InChI is InChI=1S/C20H32N2O3/c1-4-17-9-5-6-14-22(17)15-13-21-19(23)12-11-16-8-7-10-18(24-2)20(16)25-3/h7-8,10,17H,4-6,9,11-15H2,1-3H3,(H,21,23). The first-order chi connectivity index (χ1) is 12.2. The minimum atomic E-state index is 0.0925. The van der Waals surface area contributed by atoms with Gasteiger partial charge in [0.15, 0.2) is 11.5 Å². The number of piperidine rings is 1. The number of amides is 1. The van der Waals surface area contributed by atoms with Gasteiger partial charge in [-0.3, -0.25) is 9.69 Å². The number of nitrogens with zero attached hydrogens (tertiary/aromatic N) is 1. The van der Waals surface area contributed by atoms with Gasteiger partial charge in [0, 0.05) is 25.6 Å². The van der Waals surface area contributed by atoms with E-state index in [1.165, 1.54) is 25.7 Å². The Balaban J connectivity index is 1.76. The zero-order valence-corrected chi connectivity index (χ0v) is 15.8. The van der Waals surface area contributed by atoms with Gasteiger partial charge in [0.1, 0.15) is 0 Å². The molecule has 5 heteroatoms. The van der Waals surface area contributed by atoms with Crippen LogP contribution in [-0.2, 0) is 11.2 Å². The lowest BCUT2D eigenvalue weighted by atomic mass is 10.0. The maximum atomic E-state index is 12.2. The van der Waals surface area contributed by atoms with Crippen LogP contribution in [0.15, 0.2) is 18.2 Å². The Hall–Kier alpha value is -1.75. The van der Waals surface area contributed by atoms with E-state index in [1.807, 2.05) is 18.2 Å². The largest absolute Gasteiger partial charge is 0.493 e. The van der Waals surface area contributed by atoms with E-state index in [2.05, 4.69) is 17.1 Å². The number of likely N-dealkylation sites (tertiary alicyclic amines) is 1. The zero-order chi connectivity index (χ0) is 18.1. The van der Waals surface area contributed by atoms with E-state index >= 15 is 0 Å². The van der Waals surface area contributed by atoms with Crippen molar-refractivity contribution in [3.8, 4) is 11.5 Å². The quantitative estimate of drug-likeness (QED) is 0.745. The molecule has 1 atom stereocenters. The lowest BCUT2D eigenvalue weighted by molar-refractivity contribution is -0.121. The lowest BCUT2D eigenvalue weighted by Gasteiger charge is -2.35. The van der Waals surface area contributed by atoms with Crippen LogP contribution in [0.3, 0.4) is 0 Å². The van der Waals surface area contributed by atoms with Crippen molar-refractivity contribution in [3.63, 3.8) is 0 Å². The van der Waals surface area contributed by atoms with Gasteiger partial charge in [-0.05, 0) is 43.9 Å². The third-order valence-corrected chi connectivity index (χ3v) is 5.05. The van der Waals surface area contributed by atoms with Gasteiger partial charge in [-0.2, -0.15) is 0 Å². The van der Waals surface area contributed by atoms with Gasteiger partial charge in [0.2, 0.25) is 5.91 Å². The Morgan fingerprint density at radius 1 is 1.28 bits per heavy atom. The van der Waals surface area contributed by atoms with Crippen molar-refractivity contribution in [2.24, 2.45) is 0 Å². The average Bonchev–Trinajstić information content (AvgIpc) is 2.66. The van der Waals surface area contributed by atoms with E-state index in [1.54, 1.807) is 14.2 Å². The summed E-state index contributed by atoms with van der Waals surface area (Å²) >= 11 is 0. The van der Waals surface area contributed by atoms with Crippen molar-refractivity contribution in [1.29, 1.82) is 0 Å². The van der Waals surface area contributed by atoms with E-state index in [4.69, 9.17) is 9.47 Å². The molecule has 5 nitrogen and oxygen atoms in total. The van der Waals surface area contributed by atoms with Gasteiger partial charge in [0.25, 0.3) is 0 Å². The number of benzene rings is 1. The van der Waals surface area contributed by atoms with E-state index < -0.39 is 0 Å². The van der Waals surface area contributed by atoms with Crippen LogP contribution in [0.2, 0.25) is 0 Å². The molecule has 25 heavy (non-hydrogen) atoms. The van der Waals surface area contributed by atoms with E-state index in [0.29, 0.717) is 24.6 Å². The van der Waals surface area contributed by atoms with Gasteiger partial charge >= 0.3 is 0 Å². The summed E-state index contributed by atoms with van der Waals surface area (Å²) in [5, 5.41) is 3.06. The molecule has 1 unspecified atom stereocenters. The molecule has 0 spiro atoms. The number of methoxy groups -OCH3 is 2. The third-order valence-electron chi connectivity index (χ3n) is 5.05. The molecule has 1 aromatic rings. The molecule has 1 aromatic carbocycles. The number of nitrogens with one attached hydrogen (secondary N) is 1. The zero-order valence-electron chi connectivity index (χ0n) is 15.8. The SMILES string of the molecule is CCC1CCCCN1CCNC(=O)CCc1cccc(OC)c1OC. The minimum absolute atomic E-state index is 0.0925. The normalized spacial score (nSPS) is 18.0. The Labute approximate surface area is 151 Å². The Morgan fingerprint density at radius 2 is 2.12 bits per heavy atom. The summed E-state index contributed by atoms with van der Waals surface area (Å²) in [5.74, 6) is 1.52. The van der Waals surface area contributed by atoms with E-state index in [0.717, 1.165) is 30.9 Å². The molecular weight excluding hydrogens is 316 g/mol. The first-order valence-corrected chi connectivity index (χ1v) is 9.40. The number of para-hydroxylation sites is 1. The molecule has 1 fully saturated rings. The molecule has 0 radical (unpaired) electrons. The van der Waals surface area contributed by atoms with Crippen molar-refractivity contribution in [3.05, 3.63) is 23.8 Å². The van der Waals surface area contributed by atoms with E-state index in [-0.39, 0.29) is 5.91 Å². The topological polar surface area (TPSA) is 50.8 Å². The number of rotatable bonds is 9. The Morgan fingerprint density at radius 3 is 2.84 bits per heavy atom. The second kappa shape index (κ2) is 10.3. The van der Waals surface area contributed by atoms with Gasteiger partial charge in [-0.1, -0.05) is 25.5 Å². The van der Waals surface area contributed by atoms with Crippen molar-refractivity contribution in [1.82, 2.24) is 10.2 Å². The number of hydrogen-bond acceptors (Lipinski definition) is 4. The molecule has 0 saturated carbocycles. The Bertz CT molecular complexity index is 548. The molecule has 1 aliphatic heterocycles. The summed E-state index contributed by atoms with van der Waals surface area (Å²) < 4.78 is 10.7. The van der Waals surface area contributed by atoms with Crippen molar-refractivity contribution in [2.45, 2.75) is 51.5 Å². The summed E-state index contributed by atoms with van der Waals surface area (Å²) in [6, 6.07) is 6.46. The number of hydrogen-bond donors (Lipinski definition) is 1. The van der Waals surface area contributed by atoms with Crippen LogP contribution in [-0.4, -0.2) is 50.7 Å².